The fraction of sp³-hybridized carbons (Fsp3) is 0. The Hall–Kier alpha value is -5.47. The minimum absolute atomic E-state index is 0.0782. The zero-order chi connectivity index (χ0) is 28.8. The Bertz CT molecular complexity index is 2170. The molecule has 202 valence electrons. The minimum atomic E-state index is 0.0782. The summed E-state index contributed by atoms with van der Waals surface area (Å²) in [4.78, 5) is 0. The van der Waals surface area contributed by atoms with Crippen LogP contribution in [0.15, 0.2) is 146 Å². The highest BCUT2D eigenvalue weighted by atomic mass is 16.5. The van der Waals surface area contributed by atoms with E-state index < -0.39 is 0 Å². The lowest BCUT2D eigenvalue weighted by atomic mass is 9.35. The van der Waals surface area contributed by atoms with Crippen molar-refractivity contribution in [3.05, 3.63) is 146 Å². The number of rotatable bonds is 2. The Balaban J connectivity index is 1.26. The highest BCUT2D eigenvalue weighted by molar-refractivity contribution is 6.99. The van der Waals surface area contributed by atoms with Crippen LogP contribution in [0.25, 0.3) is 32.3 Å². The van der Waals surface area contributed by atoms with E-state index in [1.54, 1.807) is 0 Å². The molecular weight excluding hydrogens is 534 g/mol. The molecule has 4 heteroatoms. The van der Waals surface area contributed by atoms with Crippen LogP contribution in [0.3, 0.4) is 0 Å². The Morgan fingerprint density at radius 3 is 0.977 bits per heavy atom. The maximum absolute atomic E-state index is 6.38. The summed E-state index contributed by atoms with van der Waals surface area (Å²) in [6.45, 7) is 0.156. The van der Waals surface area contributed by atoms with Crippen LogP contribution in [0.5, 0.6) is 23.0 Å². The second-order valence-corrected chi connectivity index (χ2v) is 12.0. The Morgan fingerprint density at radius 1 is 0.295 bits per heavy atom. The van der Waals surface area contributed by atoms with Gasteiger partial charge in [-0.1, -0.05) is 132 Å². The van der Waals surface area contributed by atoms with Gasteiger partial charge < -0.3 is 9.47 Å². The summed E-state index contributed by atoms with van der Waals surface area (Å²) in [7, 11) is 0. The van der Waals surface area contributed by atoms with Gasteiger partial charge in [0.2, 0.25) is 0 Å². The van der Waals surface area contributed by atoms with Crippen LogP contribution in [-0.2, 0) is 0 Å². The Morgan fingerprint density at radius 2 is 0.614 bits per heavy atom. The van der Waals surface area contributed by atoms with Gasteiger partial charge in [-0.2, -0.15) is 0 Å². The molecule has 0 atom stereocenters. The third kappa shape index (κ3) is 3.28. The molecule has 10 rings (SSSR count). The summed E-state index contributed by atoms with van der Waals surface area (Å²) in [6, 6.07) is 52.5. The van der Waals surface area contributed by atoms with E-state index in [4.69, 9.17) is 9.47 Å². The molecule has 8 aromatic rings. The van der Waals surface area contributed by atoms with Gasteiger partial charge >= 0.3 is 0 Å². The van der Waals surface area contributed by atoms with E-state index in [0.29, 0.717) is 0 Å². The molecule has 0 saturated carbocycles. The van der Waals surface area contributed by atoms with Gasteiger partial charge in [-0.15, -0.1) is 0 Å². The van der Waals surface area contributed by atoms with E-state index in [1.807, 2.05) is 0 Å². The summed E-state index contributed by atoms with van der Waals surface area (Å²) < 4.78 is 12.8. The van der Waals surface area contributed by atoms with Gasteiger partial charge in [-0.05, 0) is 78.4 Å². The average molecular weight is 558 g/mol. The Kier molecular flexibility index (Phi) is 4.92. The van der Waals surface area contributed by atoms with Crippen molar-refractivity contribution in [1.82, 2.24) is 0 Å². The van der Waals surface area contributed by atoms with E-state index in [-0.39, 0.29) is 13.4 Å². The fourth-order valence-electron chi connectivity index (χ4n) is 7.84. The number of para-hydroxylation sites is 4. The first-order valence-electron chi connectivity index (χ1n) is 15.3. The lowest BCUT2D eigenvalue weighted by Crippen LogP contribution is -2.55. The first-order valence-corrected chi connectivity index (χ1v) is 15.3. The van der Waals surface area contributed by atoms with Crippen LogP contribution in [0.2, 0.25) is 0 Å². The quantitative estimate of drug-likeness (QED) is 0.197. The van der Waals surface area contributed by atoms with Crippen molar-refractivity contribution in [1.29, 1.82) is 0 Å². The van der Waals surface area contributed by atoms with Crippen LogP contribution in [0.1, 0.15) is 0 Å². The number of hydrogen-bond donors (Lipinski definition) is 0. The maximum atomic E-state index is 6.38. The average Bonchev–Trinajstić information content (AvgIpc) is 3.08. The molecule has 0 aromatic heterocycles. The van der Waals surface area contributed by atoms with Crippen LogP contribution >= 0.6 is 0 Å². The predicted molar refractivity (Wildman–Crippen MR) is 185 cm³/mol. The van der Waals surface area contributed by atoms with E-state index in [1.165, 1.54) is 65.1 Å². The van der Waals surface area contributed by atoms with Gasteiger partial charge in [0.05, 0.1) is 0 Å². The number of benzene rings is 8. The largest absolute Gasteiger partial charge is 0.458 e. The molecule has 2 heterocycles. The van der Waals surface area contributed by atoms with E-state index in [9.17, 15) is 0 Å². The van der Waals surface area contributed by atoms with Gasteiger partial charge in [0.25, 0.3) is 13.4 Å². The highest BCUT2D eigenvalue weighted by Gasteiger charge is 2.35. The van der Waals surface area contributed by atoms with Crippen LogP contribution < -0.4 is 42.3 Å². The molecule has 0 bridgehead atoms. The van der Waals surface area contributed by atoms with Crippen molar-refractivity contribution in [2.75, 3.05) is 0 Å². The SMILES string of the molecule is c1ccc2c(c1)Oc1ccccc1B2c1ccc2ccc3c(B4c5ccccc5Oc5ccccc54)ccc4ccc1c2c43. The zero-order valence-electron chi connectivity index (χ0n) is 23.8. The first-order chi connectivity index (χ1) is 21.8. The van der Waals surface area contributed by atoms with Crippen molar-refractivity contribution in [2.24, 2.45) is 0 Å². The molecule has 2 aliphatic rings. The minimum Gasteiger partial charge on any atom is -0.458 e. The molecule has 0 unspecified atom stereocenters. The molecule has 2 aliphatic heterocycles. The number of fused-ring (bicyclic) bond motifs is 4. The molecule has 44 heavy (non-hydrogen) atoms. The van der Waals surface area contributed by atoms with Crippen LogP contribution in [0.4, 0.5) is 0 Å². The normalized spacial score (nSPS) is 13.3. The van der Waals surface area contributed by atoms with E-state index >= 15 is 0 Å². The van der Waals surface area contributed by atoms with Gasteiger partial charge in [0, 0.05) is 0 Å². The molecule has 8 aromatic carbocycles. The maximum Gasteiger partial charge on any atom is 0.251 e. The standard InChI is InChI=1S/C40H24B2O2/c1-5-13-35-31(9-1)41(32-10-2-6-14-36(32)43-35)29-23-19-25-18-22-28-30(24-20-26-17-21-27(29)39(25)40(26)28)42-33-11-3-7-15-37(33)44-38-16-8-4-12-34(38)42/h1-24H. The topological polar surface area (TPSA) is 18.5 Å². The van der Waals surface area contributed by atoms with Crippen molar-refractivity contribution in [2.45, 2.75) is 0 Å². The molecule has 0 amide bonds. The van der Waals surface area contributed by atoms with Gasteiger partial charge in [-0.3, -0.25) is 0 Å². The second kappa shape index (κ2) is 9.02. The summed E-state index contributed by atoms with van der Waals surface area (Å²) >= 11 is 0. The zero-order valence-corrected chi connectivity index (χ0v) is 23.8. The van der Waals surface area contributed by atoms with Crippen molar-refractivity contribution >= 4 is 78.5 Å². The first kappa shape index (κ1) is 24.0. The molecule has 0 saturated heterocycles. The van der Waals surface area contributed by atoms with Crippen molar-refractivity contribution < 1.29 is 9.47 Å². The number of ether oxygens (including phenoxy) is 2. The predicted octanol–water partition coefficient (Wildman–Crippen LogP) is 5.83. The molecule has 0 N–H and O–H groups in total. The highest BCUT2D eigenvalue weighted by Crippen LogP contribution is 2.35. The molecular formula is C40H24B2O2. The monoisotopic (exact) mass is 558 g/mol. The fourth-order valence-corrected chi connectivity index (χ4v) is 7.84. The summed E-state index contributed by atoms with van der Waals surface area (Å²) in [6.07, 6.45) is 0. The molecule has 0 aliphatic carbocycles. The third-order valence-electron chi connectivity index (χ3n) is 9.71. The third-order valence-corrected chi connectivity index (χ3v) is 9.71. The molecule has 0 radical (unpaired) electrons. The van der Waals surface area contributed by atoms with Crippen molar-refractivity contribution in [3.8, 4) is 23.0 Å². The summed E-state index contributed by atoms with van der Waals surface area (Å²) in [5.41, 5.74) is 7.44. The van der Waals surface area contributed by atoms with Crippen LogP contribution in [-0.4, -0.2) is 13.4 Å². The lowest BCUT2D eigenvalue weighted by Gasteiger charge is -2.29. The number of hydrogen-bond acceptors (Lipinski definition) is 2. The summed E-state index contributed by atoms with van der Waals surface area (Å²) in [5, 5.41) is 7.77. The second-order valence-electron chi connectivity index (χ2n) is 12.0. The van der Waals surface area contributed by atoms with Gasteiger partial charge in [0.1, 0.15) is 23.0 Å². The molecule has 2 nitrogen and oxygen atoms in total. The molecule has 0 spiro atoms. The Labute approximate surface area is 256 Å². The van der Waals surface area contributed by atoms with Crippen LogP contribution in [0, 0.1) is 0 Å². The van der Waals surface area contributed by atoms with E-state index in [0.717, 1.165) is 23.0 Å². The van der Waals surface area contributed by atoms with Gasteiger partial charge in [-0.25, -0.2) is 0 Å². The van der Waals surface area contributed by atoms with E-state index in [2.05, 4.69) is 146 Å². The smallest absolute Gasteiger partial charge is 0.251 e. The lowest BCUT2D eigenvalue weighted by molar-refractivity contribution is 0.487. The van der Waals surface area contributed by atoms with Gasteiger partial charge in [0.15, 0.2) is 0 Å². The summed E-state index contributed by atoms with van der Waals surface area (Å²) in [5.74, 6) is 3.73. The molecule has 0 fully saturated rings. The van der Waals surface area contributed by atoms with Crippen molar-refractivity contribution in [3.63, 3.8) is 0 Å².